The summed E-state index contributed by atoms with van der Waals surface area (Å²) in [6.45, 7) is 8.94. The zero-order valence-electron chi connectivity index (χ0n) is 17.6. The second-order valence-corrected chi connectivity index (χ2v) is 9.22. The van der Waals surface area contributed by atoms with Gasteiger partial charge in [0.05, 0.1) is 4.90 Å². The van der Waals surface area contributed by atoms with Gasteiger partial charge >= 0.3 is 0 Å². The van der Waals surface area contributed by atoms with E-state index in [1.54, 1.807) is 32.0 Å². The summed E-state index contributed by atoms with van der Waals surface area (Å²) in [6.07, 6.45) is 0. The van der Waals surface area contributed by atoms with Crippen molar-refractivity contribution in [3.8, 4) is 0 Å². The van der Waals surface area contributed by atoms with E-state index >= 15 is 0 Å². The van der Waals surface area contributed by atoms with Crippen LogP contribution in [0.15, 0.2) is 59.5 Å². The minimum atomic E-state index is -3.56. The van der Waals surface area contributed by atoms with E-state index in [2.05, 4.69) is 31.3 Å². The van der Waals surface area contributed by atoms with Crippen LogP contribution in [0.3, 0.4) is 0 Å². The van der Waals surface area contributed by atoms with Gasteiger partial charge in [-0.25, -0.2) is 8.42 Å². The van der Waals surface area contributed by atoms with E-state index in [4.69, 9.17) is 0 Å². The first-order valence-electron chi connectivity index (χ1n) is 10.1. The number of carbonyl (C=O) groups excluding carboxylic acids is 1. The zero-order valence-corrected chi connectivity index (χ0v) is 18.4. The van der Waals surface area contributed by atoms with Crippen molar-refractivity contribution in [2.45, 2.75) is 38.6 Å². The lowest BCUT2D eigenvalue weighted by molar-refractivity contribution is -0.692. The van der Waals surface area contributed by atoms with E-state index in [9.17, 15) is 13.2 Å². The molecule has 0 bridgehead atoms. The molecule has 0 fully saturated rings. The third kappa shape index (κ3) is 6.13. The number of rotatable bonds is 10. The summed E-state index contributed by atoms with van der Waals surface area (Å²) < 4.78 is 26.8. The second-order valence-electron chi connectivity index (χ2n) is 7.29. The van der Waals surface area contributed by atoms with Crippen molar-refractivity contribution in [2.24, 2.45) is 5.92 Å². The summed E-state index contributed by atoms with van der Waals surface area (Å²) in [7, 11) is -3.56. The van der Waals surface area contributed by atoms with Gasteiger partial charge in [-0.3, -0.25) is 4.79 Å². The summed E-state index contributed by atoms with van der Waals surface area (Å²) >= 11 is 0. The maximum absolute atomic E-state index is 12.7. The van der Waals surface area contributed by atoms with Crippen LogP contribution in [0, 0.1) is 5.92 Å². The lowest BCUT2D eigenvalue weighted by atomic mass is 9.96. The molecule has 0 radical (unpaired) electrons. The zero-order chi connectivity index (χ0) is 21.4. The van der Waals surface area contributed by atoms with Gasteiger partial charge in [0.15, 0.2) is 6.54 Å². The number of nitrogens with zero attached hydrogens (tertiary/aromatic N) is 1. The van der Waals surface area contributed by atoms with Crippen LogP contribution in [0.2, 0.25) is 0 Å². The predicted molar refractivity (Wildman–Crippen MR) is 116 cm³/mol. The molecule has 6 nitrogen and oxygen atoms in total. The Balaban J connectivity index is 2.06. The molecule has 0 aromatic heterocycles. The molecule has 0 saturated heterocycles. The highest BCUT2D eigenvalue weighted by molar-refractivity contribution is 7.89. The van der Waals surface area contributed by atoms with Crippen molar-refractivity contribution in [3.05, 3.63) is 60.2 Å². The molecule has 0 heterocycles. The SMILES string of the molecule is CCN(CC)S(=O)(=O)c1cccc(NC(=O)C[NH2+][C@H](c2ccccc2)C(C)C)c1. The van der Waals surface area contributed by atoms with Crippen LogP contribution in [0.25, 0.3) is 0 Å². The number of carbonyl (C=O) groups is 1. The molecule has 0 aliphatic heterocycles. The molecule has 0 aliphatic carbocycles. The Morgan fingerprint density at radius 1 is 1.03 bits per heavy atom. The number of nitrogens with one attached hydrogen (secondary N) is 1. The topological polar surface area (TPSA) is 83.1 Å². The van der Waals surface area contributed by atoms with Crippen LogP contribution in [0.5, 0.6) is 0 Å². The van der Waals surface area contributed by atoms with Gasteiger partial charge in [-0.05, 0) is 18.2 Å². The molecule has 0 spiro atoms. The molecule has 2 aromatic carbocycles. The average molecular weight is 419 g/mol. The lowest BCUT2D eigenvalue weighted by Gasteiger charge is -2.20. The van der Waals surface area contributed by atoms with Crippen molar-refractivity contribution >= 4 is 21.6 Å². The largest absolute Gasteiger partial charge is 0.332 e. The first-order chi connectivity index (χ1) is 13.8. The van der Waals surface area contributed by atoms with Gasteiger partial charge in [0, 0.05) is 30.3 Å². The number of quaternary nitrogens is 1. The number of benzene rings is 2. The summed E-state index contributed by atoms with van der Waals surface area (Å²) in [5.74, 6) is 0.205. The van der Waals surface area contributed by atoms with Gasteiger partial charge in [-0.1, -0.05) is 64.1 Å². The minimum Gasteiger partial charge on any atom is -0.332 e. The van der Waals surface area contributed by atoms with E-state index in [-0.39, 0.29) is 23.4 Å². The number of hydrogen-bond acceptors (Lipinski definition) is 3. The number of amides is 1. The van der Waals surface area contributed by atoms with E-state index in [0.29, 0.717) is 24.7 Å². The molecule has 7 heteroatoms. The average Bonchev–Trinajstić information content (AvgIpc) is 2.69. The first kappa shape index (κ1) is 23.1. The molecule has 2 rings (SSSR count). The van der Waals surface area contributed by atoms with E-state index in [0.717, 1.165) is 0 Å². The molecule has 158 valence electrons. The first-order valence-corrected chi connectivity index (χ1v) is 11.5. The quantitative estimate of drug-likeness (QED) is 0.622. The number of anilines is 1. The Morgan fingerprint density at radius 3 is 2.28 bits per heavy atom. The molecule has 2 aromatic rings. The second kappa shape index (κ2) is 10.5. The third-order valence-corrected chi connectivity index (χ3v) is 6.97. The summed E-state index contributed by atoms with van der Waals surface area (Å²) in [5, 5.41) is 4.84. The molecule has 0 aliphatic rings. The monoisotopic (exact) mass is 418 g/mol. The number of sulfonamides is 1. The Kier molecular flexibility index (Phi) is 8.37. The van der Waals surface area contributed by atoms with Crippen molar-refractivity contribution in [1.82, 2.24) is 4.31 Å². The lowest BCUT2D eigenvalue weighted by Crippen LogP contribution is -2.88. The minimum absolute atomic E-state index is 0.163. The third-order valence-electron chi connectivity index (χ3n) is 4.92. The van der Waals surface area contributed by atoms with Gasteiger partial charge < -0.3 is 10.6 Å². The fourth-order valence-corrected chi connectivity index (χ4v) is 4.87. The Labute approximate surface area is 174 Å². The molecule has 1 atom stereocenters. The standard InChI is InChI=1S/C22H31N3O3S/c1-5-25(6-2)29(27,28)20-14-10-13-19(15-20)24-21(26)16-23-22(17(3)4)18-11-8-7-9-12-18/h7-15,17,22-23H,5-6,16H2,1-4H3,(H,24,26)/p+1/t22-/m0/s1. The highest BCUT2D eigenvalue weighted by Gasteiger charge is 2.23. The highest BCUT2D eigenvalue weighted by atomic mass is 32.2. The van der Waals surface area contributed by atoms with Crippen LogP contribution < -0.4 is 10.6 Å². The smallest absolute Gasteiger partial charge is 0.279 e. The van der Waals surface area contributed by atoms with Crippen LogP contribution in [0.1, 0.15) is 39.3 Å². The Bertz CT molecular complexity index is 895. The van der Waals surface area contributed by atoms with Crippen molar-refractivity contribution < 1.29 is 18.5 Å². The van der Waals surface area contributed by atoms with Gasteiger partial charge in [0.25, 0.3) is 5.91 Å². The van der Waals surface area contributed by atoms with Gasteiger partial charge in [-0.15, -0.1) is 0 Å². The van der Waals surface area contributed by atoms with Gasteiger partial charge in [0.2, 0.25) is 10.0 Å². The van der Waals surface area contributed by atoms with Gasteiger partial charge in [-0.2, -0.15) is 4.31 Å². The predicted octanol–water partition coefficient (Wildman–Crippen LogP) is 2.62. The molecule has 0 saturated carbocycles. The molecule has 0 unspecified atom stereocenters. The van der Waals surface area contributed by atoms with Crippen LogP contribution in [-0.4, -0.2) is 38.3 Å². The molecular formula is C22H32N3O3S+. The van der Waals surface area contributed by atoms with E-state index in [1.165, 1.54) is 15.9 Å². The van der Waals surface area contributed by atoms with Crippen LogP contribution in [-0.2, 0) is 14.8 Å². The van der Waals surface area contributed by atoms with Gasteiger partial charge in [0.1, 0.15) is 6.04 Å². The van der Waals surface area contributed by atoms with E-state index < -0.39 is 10.0 Å². The summed E-state index contributed by atoms with van der Waals surface area (Å²) in [5.41, 5.74) is 1.67. The Hall–Kier alpha value is -2.22. The summed E-state index contributed by atoms with van der Waals surface area (Å²) in [6, 6.07) is 16.7. The number of hydrogen-bond donors (Lipinski definition) is 2. The van der Waals surface area contributed by atoms with Crippen molar-refractivity contribution in [3.63, 3.8) is 0 Å². The van der Waals surface area contributed by atoms with E-state index in [1.807, 2.05) is 23.5 Å². The number of nitrogens with two attached hydrogens (primary N) is 1. The molecule has 29 heavy (non-hydrogen) atoms. The van der Waals surface area contributed by atoms with Crippen molar-refractivity contribution in [2.75, 3.05) is 25.0 Å². The highest BCUT2D eigenvalue weighted by Crippen LogP contribution is 2.20. The Morgan fingerprint density at radius 2 is 1.69 bits per heavy atom. The molecule has 3 N–H and O–H groups in total. The molecule has 1 amide bonds. The molecular weight excluding hydrogens is 386 g/mol. The maximum Gasteiger partial charge on any atom is 0.279 e. The van der Waals surface area contributed by atoms with Crippen molar-refractivity contribution in [1.29, 1.82) is 0 Å². The fraction of sp³-hybridized carbons (Fsp3) is 0.409. The normalized spacial score (nSPS) is 12.9. The fourth-order valence-electron chi connectivity index (χ4n) is 3.36. The summed E-state index contributed by atoms with van der Waals surface area (Å²) in [4.78, 5) is 12.7. The maximum atomic E-state index is 12.7. The van der Waals surface area contributed by atoms with Crippen LogP contribution >= 0.6 is 0 Å². The van der Waals surface area contributed by atoms with Crippen LogP contribution in [0.4, 0.5) is 5.69 Å².